The second-order valence-corrected chi connectivity index (χ2v) is 4.83. The minimum absolute atomic E-state index is 0.0129. The number of hydrogen-bond donors (Lipinski definition) is 2. The fourth-order valence-corrected chi connectivity index (χ4v) is 2.06. The Morgan fingerprint density at radius 1 is 1.45 bits per heavy atom. The van der Waals surface area contributed by atoms with Crippen LogP contribution in [0.25, 0.3) is 0 Å². The Hall–Kier alpha value is -1.17. The van der Waals surface area contributed by atoms with E-state index in [9.17, 15) is 14.3 Å². The summed E-state index contributed by atoms with van der Waals surface area (Å²) < 4.78 is 13.4. The van der Waals surface area contributed by atoms with Crippen molar-refractivity contribution in [2.75, 3.05) is 26.2 Å². The van der Waals surface area contributed by atoms with Crippen molar-refractivity contribution in [2.24, 2.45) is 0 Å². The smallest absolute Gasteiger partial charge is 0.325 e. The van der Waals surface area contributed by atoms with Crippen molar-refractivity contribution in [3.63, 3.8) is 0 Å². The molecule has 4 nitrogen and oxygen atoms in total. The maximum atomic E-state index is 13.4. The molecule has 0 amide bonds. The molecule has 1 unspecified atom stereocenters. The fourth-order valence-electron chi connectivity index (χ4n) is 1.95. The van der Waals surface area contributed by atoms with Crippen LogP contribution in [0.4, 0.5) is 4.39 Å². The van der Waals surface area contributed by atoms with Gasteiger partial charge in [0, 0.05) is 13.1 Å². The molecule has 0 bridgehead atoms. The van der Waals surface area contributed by atoms with Gasteiger partial charge in [0.2, 0.25) is 0 Å². The number of hydrogen-bond acceptors (Lipinski definition) is 3. The maximum absolute atomic E-state index is 13.4. The summed E-state index contributed by atoms with van der Waals surface area (Å²) >= 11 is 5.60. The third-order valence-electron chi connectivity index (χ3n) is 3.19. The summed E-state index contributed by atoms with van der Waals surface area (Å²) in [6.45, 7) is 7.17. The molecule has 0 radical (unpaired) electrons. The molecule has 0 heterocycles. The molecule has 112 valence electrons. The number of halogens is 2. The number of rotatable bonds is 8. The van der Waals surface area contributed by atoms with E-state index < -0.39 is 17.8 Å². The second-order valence-electron chi connectivity index (χ2n) is 4.43. The van der Waals surface area contributed by atoms with E-state index in [1.54, 1.807) is 0 Å². The molecule has 0 spiro atoms. The van der Waals surface area contributed by atoms with Crippen LogP contribution in [0.1, 0.15) is 25.5 Å². The fraction of sp³-hybridized carbons (Fsp3) is 0.500. The number of nitrogens with one attached hydrogen (secondary N) is 1. The van der Waals surface area contributed by atoms with Crippen LogP contribution in [0.3, 0.4) is 0 Å². The summed E-state index contributed by atoms with van der Waals surface area (Å²) in [5, 5.41) is 12.2. The quantitative estimate of drug-likeness (QED) is 0.775. The van der Waals surface area contributed by atoms with Gasteiger partial charge in [0.15, 0.2) is 0 Å². The molecule has 2 N–H and O–H groups in total. The molecule has 0 aromatic heterocycles. The van der Waals surface area contributed by atoms with Crippen molar-refractivity contribution >= 4 is 17.6 Å². The van der Waals surface area contributed by atoms with Crippen LogP contribution in [-0.4, -0.2) is 42.2 Å². The molecule has 0 aliphatic carbocycles. The third kappa shape index (κ3) is 4.74. The molecule has 0 aliphatic heterocycles. The minimum atomic E-state index is -1.04. The van der Waals surface area contributed by atoms with Crippen molar-refractivity contribution in [1.29, 1.82) is 0 Å². The van der Waals surface area contributed by atoms with E-state index in [0.29, 0.717) is 12.1 Å². The Morgan fingerprint density at radius 3 is 2.60 bits per heavy atom. The lowest BCUT2D eigenvalue weighted by Crippen LogP contribution is -2.36. The number of likely N-dealkylation sites (N-methyl/N-ethyl adjacent to an activating group) is 1. The lowest BCUT2D eigenvalue weighted by atomic mass is 10.1. The van der Waals surface area contributed by atoms with Gasteiger partial charge >= 0.3 is 5.97 Å². The number of carbonyl (C=O) groups is 1. The van der Waals surface area contributed by atoms with Gasteiger partial charge < -0.3 is 10.0 Å². The average Bonchev–Trinajstić information content (AvgIpc) is 2.42. The van der Waals surface area contributed by atoms with Crippen molar-refractivity contribution < 1.29 is 14.3 Å². The molecular weight excluding hydrogens is 283 g/mol. The molecule has 1 aromatic rings. The summed E-state index contributed by atoms with van der Waals surface area (Å²) in [6, 6.07) is 3.12. The highest BCUT2D eigenvalue weighted by atomic mass is 35.5. The van der Waals surface area contributed by atoms with E-state index in [1.165, 1.54) is 12.1 Å². The number of nitrogens with zero attached hydrogens (tertiary/aromatic N) is 1. The molecular formula is C14H20ClFN2O2. The van der Waals surface area contributed by atoms with Crippen LogP contribution in [0, 0.1) is 5.82 Å². The number of benzene rings is 1. The number of carboxylic acids is 1. The van der Waals surface area contributed by atoms with Gasteiger partial charge in [0.05, 0.1) is 5.02 Å². The highest BCUT2D eigenvalue weighted by Crippen LogP contribution is 2.20. The van der Waals surface area contributed by atoms with Crippen LogP contribution in [0.5, 0.6) is 0 Å². The van der Waals surface area contributed by atoms with Gasteiger partial charge in [-0.15, -0.1) is 0 Å². The minimum Gasteiger partial charge on any atom is -0.480 e. The first-order chi connectivity index (χ1) is 9.49. The lowest BCUT2D eigenvalue weighted by Gasteiger charge is -2.20. The Morgan fingerprint density at radius 2 is 2.10 bits per heavy atom. The summed E-state index contributed by atoms with van der Waals surface area (Å²) in [5.41, 5.74) is 0.360. The molecule has 0 saturated heterocycles. The molecule has 0 saturated carbocycles. The van der Waals surface area contributed by atoms with Gasteiger partial charge in [-0.3, -0.25) is 10.1 Å². The molecule has 1 rings (SSSR count). The predicted molar refractivity (Wildman–Crippen MR) is 77.6 cm³/mol. The summed E-state index contributed by atoms with van der Waals surface area (Å²) in [5.74, 6) is -1.65. The largest absolute Gasteiger partial charge is 0.480 e. The van der Waals surface area contributed by atoms with Crippen LogP contribution >= 0.6 is 11.6 Å². The topological polar surface area (TPSA) is 52.6 Å². The normalized spacial score (nSPS) is 12.7. The lowest BCUT2D eigenvalue weighted by molar-refractivity contribution is -0.139. The van der Waals surface area contributed by atoms with E-state index in [4.69, 9.17) is 11.6 Å². The first kappa shape index (κ1) is 16.9. The summed E-state index contributed by atoms with van der Waals surface area (Å²) in [7, 11) is 0. The first-order valence-electron chi connectivity index (χ1n) is 6.63. The zero-order valence-electron chi connectivity index (χ0n) is 11.7. The Bertz CT molecular complexity index is 453. The highest BCUT2D eigenvalue weighted by Gasteiger charge is 2.20. The standard InChI is InChI=1S/C14H20ClFN2O2/c1-3-18(4-2)8-7-17-13(14(19)20)10-5-6-11(15)12(16)9-10/h5-6,9,13,17H,3-4,7-8H2,1-2H3,(H,19,20). The SMILES string of the molecule is CCN(CC)CCNC(C(=O)O)c1ccc(Cl)c(F)c1. The zero-order chi connectivity index (χ0) is 15.1. The molecule has 0 fully saturated rings. The van der Waals surface area contributed by atoms with Crippen molar-refractivity contribution in [2.45, 2.75) is 19.9 Å². The van der Waals surface area contributed by atoms with Crippen molar-refractivity contribution in [3.05, 3.63) is 34.6 Å². The second kappa shape index (κ2) is 8.19. The Kier molecular flexibility index (Phi) is 6.91. The van der Waals surface area contributed by atoms with Crippen LogP contribution in [-0.2, 0) is 4.79 Å². The summed E-state index contributed by atoms with van der Waals surface area (Å²) in [4.78, 5) is 13.5. The first-order valence-corrected chi connectivity index (χ1v) is 7.00. The number of carboxylic acid groups (broad SMARTS) is 1. The average molecular weight is 303 g/mol. The highest BCUT2D eigenvalue weighted by molar-refractivity contribution is 6.30. The van der Waals surface area contributed by atoms with Crippen LogP contribution < -0.4 is 5.32 Å². The van der Waals surface area contributed by atoms with E-state index >= 15 is 0 Å². The van der Waals surface area contributed by atoms with Gasteiger partial charge in [-0.25, -0.2) is 4.39 Å². The Labute approximate surface area is 123 Å². The third-order valence-corrected chi connectivity index (χ3v) is 3.50. The van der Waals surface area contributed by atoms with Gasteiger partial charge in [-0.05, 0) is 30.8 Å². The van der Waals surface area contributed by atoms with Crippen molar-refractivity contribution in [3.8, 4) is 0 Å². The molecule has 1 aromatic carbocycles. The van der Waals surface area contributed by atoms with E-state index in [2.05, 4.69) is 10.2 Å². The monoisotopic (exact) mass is 302 g/mol. The van der Waals surface area contributed by atoms with E-state index in [-0.39, 0.29) is 5.02 Å². The van der Waals surface area contributed by atoms with Gasteiger partial charge in [-0.1, -0.05) is 31.5 Å². The van der Waals surface area contributed by atoms with Crippen LogP contribution in [0.2, 0.25) is 5.02 Å². The van der Waals surface area contributed by atoms with Gasteiger partial charge in [0.1, 0.15) is 11.9 Å². The van der Waals surface area contributed by atoms with Crippen molar-refractivity contribution in [1.82, 2.24) is 10.2 Å². The zero-order valence-corrected chi connectivity index (χ0v) is 12.5. The molecule has 0 aliphatic rings. The van der Waals surface area contributed by atoms with E-state index in [0.717, 1.165) is 25.7 Å². The van der Waals surface area contributed by atoms with Gasteiger partial charge in [0.25, 0.3) is 0 Å². The molecule has 1 atom stereocenters. The molecule has 6 heteroatoms. The van der Waals surface area contributed by atoms with Gasteiger partial charge in [-0.2, -0.15) is 0 Å². The van der Waals surface area contributed by atoms with Crippen LogP contribution in [0.15, 0.2) is 18.2 Å². The molecule has 20 heavy (non-hydrogen) atoms. The Balaban J connectivity index is 2.69. The maximum Gasteiger partial charge on any atom is 0.325 e. The predicted octanol–water partition coefficient (Wildman–Crippen LogP) is 2.54. The number of aliphatic carboxylic acids is 1. The summed E-state index contributed by atoms with van der Waals surface area (Å²) in [6.07, 6.45) is 0. The van der Waals surface area contributed by atoms with E-state index in [1.807, 2.05) is 13.8 Å².